The van der Waals surface area contributed by atoms with Crippen LogP contribution in [0.15, 0.2) is 53.3 Å². The van der Waals surface area contributed by atoms with Gasteiger partial charge < -0.3 is 0 Å². The highest BCUT2D eigenvalue weighted by atomic mass is 16.2. The molecular formula is C19H19N3O. The number of hydrogen-bond donors (Lipinski definition) is 0. The van der Waals surface area contributed by atoms with Crippen LogP contribution in [0, 0.1) is 13.8 Å². The van der Waals surface area contributed by atoms with Gasteiger partial charge in [-0.15, -0.1) is 5.10 Å². The van der Waals surface area contributed by atoms with Crippen LogP contribution in [0.4, 0.5) is 0 Å². The Morgan fingerprint density at radius 3 is 2.57 bits per heavy atom. The average Bonchev–Trinajstić information content (AvgIpc) is 3.12. The Hall–Kier alpha value is -2.62. The summed E-state index contributed by atoms with van der Waals surface area (Å²) in [6.07, 6.45) is 1.78. The van der Waals surface area contributed by atoms with Crippen LogP contribution >= 0.6 is 0 Å². The largest absolute Gasteiger partial charge is 0.351 e. The van der Waals surface area contributed by atoms with Crippen molar-refractivity contribution in [3.05, 3.63) is 81.5 Å². The van der Waals surface area contributed by atoms with Crippen molar-refractivity contribution in [2.24, 2.45) is 0 Å². The highest BCUT2D eigenvalue weighted by Crippen LogP contribution is 2.29. The van der Waals surface area contributed by atoms with Crippen molar-refractivity contribution >= 4 is 0 Å². The van der Waals surface area contributed by atoms with Gasteiger partial charge in [-0.1, -0.05) is 36.4 Å². The van der Waals surface area contributed by atoms with Crippen molar-refractivity contribution in [3.63, 3.8) is 0 Å². The quantitative estimate of drug-likeness (QED) is 0.729. The summed E-state index contributed by atoms with van der Waals surface area (Å²) in [5, 5.41) is 4.57. The lowest BCUT2D eigenvalue weighted by molar-refractivity contribution is 0.588. The van der Waals surface area contributed by atoms with E-state index in [-0.39, 0.29) is 11.7 Å². The molecule has 4 heteroatoms. The van der Waals surface area contributed by atoms with Gasteiger partial charge in [0.05, 0.1) is 11.7 Å². The molecule has 0 spiro atoms. The third-order valence-corrected chi connectivity index (χ3v) is 4.75. The fourth-order valence-electron chi connectivity index (χ4n) is 3.31. The van der Waals surface area contributed by atoms with Crippen LogP contribution in [0.3, 0.4) is 0 Å². The minimum atomic E-state index is -0.0467. The van der Waals surface area contributed by atoms with Crippen molar-refractivity contribution in [2.45, 2.75) is 32.7 Å². The predicted molar refractivity (Wildman–Crippen MR) is 90.2 cm³/mol. The minimum Gasteiger partial charge on any atom is -0.271 e. The fourth-order valence-corrected chi connectivity index (χ4v) is 3.31. The summed E-state index contributed by atoms with van der Waals surface area (Å²) in [6.45, 7) is 4.13. The molecule has 1 aliphatic rings. The highest BCUT2D eigenvalue weighted by Gasteiger charge is 2.29. The Bertz CT molecular complexity index is 922. The first-order valence-electron chi connectivity index (χ1n) is 7.98. The Kier molecular flexibility index (Phi) is 3.18. The number of aryl methyl sites for hydroxylation is 3. The maximum absolute atomic E-state index is 12.9. The molecule has 116 valence electrons. The van der Waals surface area contributed by atoms with Crippen molar-refractivity contribution < 1.29 is 0 Å². The Labute approximate surface area is 135 Å². The molecule has 0 radical (unpaired) electrons. The van der Waals surface area contributed by atoms with Gasteiger partial charge in [0, 0.05) is 6.42 Å². The maximum atomic E-state index is 12.9. The summed E-state index contributed by atoms with van der Waals surface area (Å²) in [5.41, 5.74) is 4.35. The fraction of sp³-hybridized carbons (Fsp3) is 0.263. The number of fused-ring (bicyclic) bond motifs is 1. The molecule has 0 saturated carbocycles. The second-order valence-electron chi connectivity index (χ2n) is 6.21. The average molecular weight is 305 g/mol. The zero-order valence-electron chi connectivity index (χ0n) is 13.4. The zero-order chi connectivity index (χ0) is 16.0. The third kappa shape index (κ3) is 2.22. The lowest BCUT2D eigenvalue weighted by Crippen LogP contribution is -2.26. The van der Waals surface area contributed by atoms with E-state index in [4.69, 9.17) is 0 Å². The molecule has 2 heterocycles. The molecule has 0 bridgehead atoms. The molecule has 3 aromatic rings. The van der Waals surface area contributed by atoms with Gasteiger partial charge in [-0.2, -0.15) is 4.68 Å². The second kappa shape index (κ2) is 5.23. The first-order chi connectivity index (χ1) is 11.1. The molecule has 1 atom stereocenters. The number of hydrogen-bond acceptors (Lipinski definition) is 2. The van der Waals surface area contributed by atoms with Crippen molar-refractivity contribution in [1.82, 2.24) is 14.3 Å². The number of benzene rings is 2. The van der Waals surface area contributed by atoms with E-state index in [1.165, 1.54) is 21.4 Å². The molecule has 0 N–H and O–H groups in total. The monoisotopic (exact) mass is 305 g/mol. The van der Waals surface area contributed by atoms with Crippen LogP contribution in [-0.4, -0.2) is 14.3 Å². The smallest absolute Gasteiger partial charge is 0.271 e. The lowest BCUT2D eigenvalue weighted by atomic mass is 10.1. The summed E-state index contributed by atoms with van der Waals surface area (Å²) >= 11 is 0. The molecule has 1 unspecified atom stereocenters. The van der Waals surface area contributed by atoms with Gasteiger partial charge in [0.1, 0.15) is 5.82 Å². The first kappa shape index (κ1) is 14.0. The van der Waals surface area contributed by atoms with Gasteiger partial charge in [0.25, 0.3) is 0 Å². The number of rotatable bonds is 2. The van der Waals surface area contributed by atoms with E-state index in [2.05, 4.69) is 31.1 Å². The van der Waals surface area contributed by atoms with Crippen LogP contribution in [0.2, 0.25) is 0 Å². The molecule has 1 aliphatic heterocycles. The molecule has 4 rings (SSSR count). The summed E-state index contributed by atoms with van der Waals surface area (Å²) in [6, 6.07) is 16.3. The third-order valence-electron chi connectivity index (χ3n) is 4.75. The van der Waals surface area contributed by atoms with Crippen LogP contribution < -0.4 is 5.69 Å². The van der Waals surface area contributed by atoms with Crippen molar-refractivity contribution in [3.8, 4) is 5.69 Å². The van der Waals surface area contributed by atoms with Gasteiger partial charge in [0.2, 0.25) is 0 Å². The predicted octanol–water partition coefficient (Wildman–Crippen LogP) is 3.19. The molecular weight excluding hydrogens is 286 g/mol. The topological polar surface area (TPSA) is 39.8 Å². The van der Waals surface area contributed by atoms with E-state index in [1.807, 2.05) is 41.0 Å². The molecule has 0 fully saturated rings. The van der Waals surface area contributed by atoms with Crippen molar-refractivity contribution in [1.29, 1.82) is 0 Å². The summed E-state index contributed by atoms with van der Waals surface area (Å²) in [4.78, 5) is 12.9. The van der Waals surface area contributed by atoms with Gasteiger partial charge >= 0.3 is 5.69 Å². The Morgan fingerprint density at radius 2 is 1.83 bits per heavy atom. The molecule has 23 heavy (non-hydrogen) atoms. The van der Waals surface area contributed by atoms with Gasteiger partial charge in [0.15, 0.2) is 0 Å². The summed E-state index contributed by atoms with van der Waals surface area (Å²) in [5.74, 6) is 0.877. The minimum absolute atomic E-state index is 0.0467. The highest BCUT2D eigenvalue weighted by molar-refractivity contribution is 5.39. The van der Waals surface area contributed by atoms with Crippen LogP contribution in [0.25, 0.3) is 5.69 Å². The summed E-state index contributed by atoms with van der Waals surface area (Å²) < 4.78 is 3.39. The Balaban J connectivity index is 1.82. The van der Waals surface area contributed by atoms with E-state index in [0.29, 0.717) is 0 Å². The lowest BCUT2D eigenvalue weighted by Gasteiger charge is -2.12. The van der Waals surface area contributed by atoms with E-state index in [9.17, 15) is 4.79 Å². The molecule has 0 amide bonds. The maximum Gasteiger partial charge on any atom is 0.351 e. The molecule has 0 saturated heterocycles. The Morgan fingerprint density at radius 1 is 1.04 bits per heavy atom. The van der Waals surface area contributed by atoms with Gasteiger partial charge in [-0.05, 0) is 49.1 Å². The number of nitrogens with zero attached hydrogens (tertiary/aromatic N) is 3. The summed E-state index contributed by atoms with van der Waals surface area (Å²) in [7, 11) is 0. The van der Waals surface area contributed by atoms with E-state index in [1.54, 1.807) is 0 Å². The molecule has 1 aromatic heterocycles. The normalized spacial score (nSPS) is 16.5. The van der Waals surface area contributed by atoms with Gasteiger partial charge in [-0.25, -0.2) is 4.79 Å². The first-order valence-corrected chi connectivity index (χ1v) is 7.98. The molecule has 2 aromatic carbocycles. The van der Waals surface area contributed by atoms with Crippen LogP contribution in [0.5, 0.6) is 0 Å². The molecule has 4 nitrogen and oxygen atoms in total. The van der Waals surface area contributed by atoms with Crippen molar-refractivity contribution in [2.75, 3.05) is 0 Å². The van der Waals surface area contributed by atoms with Crippen LogP contribution in [0.1, 0.15) is 35.0 Å². The zero-order valence-corrected chi connectivity index (χ0v) is 13.4. The van der Waals surface area contributed by atoms with E-state index in [0.717, 1.165) is 24.4 Å². The second-order valence-corrected chi connectivity index (χ2v) is 6.21. The van der Waals surface area contributed by atoms with Gasteiger partial charge in [-0.3, -0.25) is 4.57 Å². The van der Waals surface area contributed by atoms with Crippen LogP contribution in [-0.2, 0) is 6.42 Å². The van der Waals surface area contributed by atoms with E-state index >= 15 is 0 Å². The molecule has 0 aliphatic carbocycles. The van der Waals surface area contributed by atoms with E-state index < -0.39 is 0 Å². The SMILES string of the molecule is Cc1ccc(-n2nc3n(c2=O)C(c2ccccc2)CC3)cc1C. The number of aromatic nitrogens is 3. The standard InChI is InChI=1S/C19H19N3O/c1-13-8-9-16(12-14(13)2)22-19(23)21-17(10-11-18(21)20-22)15-6-4-3-5-7-15/h3-9,12,17H,10-11H2,1-2H3.